The number of nitrogens with zero attached hydrogens (tertiary/aromatic N) is 2. The van der Waals surface area contributed by atoms with E-state index in [0.717, 1.165) is 24.2 Å². The molecular formula is C13H14N2Y-2. The van der Waals surface area contributed by atoms with Crippen molar-refractivity contribution in [2.45, 2.75) is 26.7 Å². The molecule has 3 heteroatoms. The van der Waals surface area contributed by atoms with Gasteiger partial charge in [-0.05, 0) is 0 Å². The van der Waals surface area contributed by atoms with Gasteiger partial charge in [-0.3, -0.25) is 0 Å². The fourth-order valence-corrected chi connectivity index (χ4v) is 1.73. The van der Waals surface area contributed by atoms with E-state index in [1.807, 2.05) is 28.8 Å². The van der Waals surface area contributed by atoms with Crippen molar-refractivity contribution >= 4 is 0 Å². The first-order valence-corrected chi connectivity index (χ1v) is 5.32. The maximum Gasteiger partial charge on any atom is 0.0396 e. The van der Waals surface area contributed by atoms with Crippen molar-refractivity contribution in [2.75, 3.05) is 0 Å². The van der Waals surface area contributed by atoms with E-state index in [1.165, 1.54) is 5.69 Å². The van der Waals surface area contributed by atoms with E-state index in [2.05, 4.69) is 31.2 Å². The molecule has 0 aliphatic heterocycles. The van der Waals surface area contributed by atoms with E-state index in [0.29, 0.717) is 0 Å². The number of aryl methyl sites for hydroxylation is 1. The van der Waals surface area contributed by atoms with Crippen LogP contribution in [0.1, 0.15) is 25.2 Å². The quantitative estimate of drug-likeness (QED) is 0.793. The molecule has 0 N–H and O–H groups in total. The summed E-state index contributed by atoms with van der Waals surface area (Å²) in [6.45, 7) is 4.26. The maximum absolute atomic E-state index is 4.30. The molecule has 0 atom stereocenters. The van der Waals surface area contributed by atoms with Crippen molar-refractivity contribution in [3.05, 3.63) is 48.0 Å². The predicted molar refractivity (Wildman–Crippen MR) is 60.0 cm³/mol. The molecule has 2 rings (SSSR count). The summed E-state index contributed by atoms with van der Waals surface area (Å²) in [6, 6.07) is 11.1. The van der Waals surface area contributed by atoms with E-state index < -0.39 is 0 Å². The van der Waals surface area contributed by atoms with Crippen LogP contribution in [-0.4, -0.2) is 9.55 Å². The van der Waals surface area contributed by atoms with Crippen LogP contribution in [0.15, 0.2) is 24.3 Å². The third-order valence-corrected chi connectivity index (χ3v) is 2.49. The molecule has 1 aromatic carbocycles. The van der Waals surface area contributed by atoms with Crippen LogP contribution in [0.5, 0.6) is 0 Å². The zero-order valence-electron chi connectivity index (χ0n) is 9.70. The van der Waals surface area contributed by atoms with Gasteiger partial charge in [-0.2, -0.15) is 30.0 Å². The molecule has 0 unspecified atom stereocenters. The van der Waals surface area contributed by atoms with E-state index in [9.17, 15) is 0 Å². The van der Waals surface area contributed by atoms with Gasteiger partial charge in [0.25, 0.3) is 0 Å². The van der Waals surface area contributed by atoms with E-state index in [1.54, 1.807) is 0 Å². The summed E-state index contributed by atoms with van der Waals surface area (Å²) in [7, 11) is 0. The van der Waals surface area contributed by atoms with Gasteiger partial charge in [0.2, 0.25) is 0 Å². The van der Waals surface area contributed by atoms with Gasteiger partial charge in [0, 0.05) is 39.0 Å². The fraction of sp³-hybridized carbons (Fsp3) is 0.308. The first-order chi connectivity index (χ1) is 7.36. The summed E-state index contributed by atoms with van der Waals surface area (Å²) in [4.78, 5) is 4.30. The van der Waals surface area contributed by atoms with Crippen LogP contribution in [0.3, 0.4) is 0 Å². The van der Waals surface area contributed by atoms with Crippen molar-refractivity contribution < 1.29 is 32.7 Å². The third-order valence-electron chi connectivity index (χ3n) is 2.49. The summed E-state index contributed by atoms with van der Waals surface area (Å²) in [5.41, 5.74) is 3.39. The summed E-state index contributed by atoms with van der Waals surface area (Å²) >= 11 is 0. The number of rotatable bonds is 3. The summed E-state index contributed by atoms with van der Waals surface area (Å²) in [6.07, 6.45) is 4.96. The molecule has 16 heavy (non-hydrogen) atoms. The van der Waals surface area contributed by atoms with Crippen LogP contribution in [0.4, 0.5) is 0 Å². The topological polar surface area (TPSA) is 17.8 Å². The number of para-hydroxylation sites is 1. The Kier molecular flexibility index (Phi) is 5.37. The van der Waals surface area contributed by atoms with Gasteiger partial charge in [0.05, 0.1) is 0 Å². The van der Waals surface area contributed by atoms with Crippen LogP contribution >= 0.6 is 0 Å². The summed E-state index contributed by atoms with van der Waals surface area (Å²) < 4.78 is 2.00. The van der Waals surface area contributed by atoms with Gasteiger partial charge in [-0.15, -0.1) is 0 Å². The second-order valence-electron chi connectivity index (χ2n) is 3.40. The molecule has 0 bridgehead atoms. The monoisotopic (exact) mass is 287 g/mol. The van der Waals surface area contributed by atoms with Gasteiger partial charge in [0.1, 0.15) is 0 Å². The normalized spacial score (nSPS) is 9.88. The molecule has 1 aromatic heterocycles. The van der Waals surface area contributed by atoms with Crippen LogP contribution in [0.2, 0.25) is 0 Å². The molecule has 0 aliphatic carbocycles. The molecule has 0 fully saturated rings. The van der Waals surface area contributed by atoms with Crippen LogP contribution in [0, 0.1) is 12.4 Å². The summed E-state index contributed by atoms with van der Waals surface area (Å²) in [5, 5.41) is 0. The Morgan fingerprint density at radius 1 is 1.25 bits per heavy atom. The van der Waals surface area contributed by atoms with E-state index >= 15 is 0 Å². The van der Waals surface area contributed by atoms with Crippen LogP contribution < -0.4 is 0 Å². The Balaban J connectivity index is 0.00000128. The van der Waals surface area contributed by atoms with Crippen molar-refractivity contribution in [2.24, 2.45) is 0 Å². The Morgan fingerprint density at radius 2 is 2.06 bits per heavy atom. The van der Waals surface area contributed by atoms with Gasteiger partial charge >= 0.3 is 0 Å². The van der Waals surface area contributed by atoms with Crippen molar-refractivity contribution in [1.82, 2.24) is 9.55 Å². The molecule has 1 heterocycles. The number of benzene rings is 1. The van der Waals surface area contributed by atoms with E-state index in [-0.39, 0.29) is 32.7 Å². The molecular weight excluding hydrogens is 273 g/mol. The second-order valence-corrected chi connectivity index (χ2v) is 3.40. The maximum atomic E-state index is 4.30. The van der Waals surface area contributed by atoms with Crippen LogP contribution in [-0.2, 0) is 45.6 Å². The Morgan fingerprint density at radius 3 is 2.62 bits per heavy atom. The fourth-order valence-electron chi connectivity index (χ4n) is 1.73. The molecule has 0 saturated heterocycles. The standard InChI is InChI=1S/C13H14N2.Y/c1-3-12-13(4-2)15(10-14-12)11-8-6-5-7-9-11;/h5-8H,3-4H2,1-2H3;/q-2;. The first kappa shape index (κ1) is 13.6. The molecule has 0 amide bonds. The third kappa shape index (κ3) is 2.61. The smallest absolute Gasteiger partial charge is 0.0396 e. The first-order valence-electron chi connectivity index (χ1n) is 5.32. The number of imidazole rings is 1. The Bertz CT molecular complexity index is 434. The second kappa shape index (κ2) is 6.31. The molecule has 0 spiro atoms. The SMILES string of the molecule is CCc1n[c-]n(-c2[c-]cccc2)c1CC.[Y]. The van der Waals surface area contributed by atoms with Gasteiger partial charge in [0.15, 0.2) is 0 Å². The minimum Gasteiger partial charge on any atom is -0.452 e. The zero-order valence-corrected chi connectivity index (χ0v) is 12.5. The minimum atomic E-state index is 0. The molecule has 81 valence electrons. The molecule has 0 aliphatic rings. The minimum absolute atomic E-state index is 0. The predicted octanol–water partition coefficient (Wildman–Crippen LogP) is 2.59. The number of hydrogen-bond acceptors (Lipinski definition) is 1. The largest absolute Gasteiger partial charge is 0.452 e. The zero-order chi connectivity index (χ0) is 10.7. The average molecular weight is 287 g/mol. The van der Waals surface area contributed by atoms with Crippen molar-refractivity contribution in [3.8, 4) is 5.69 Å². The molecule has 2 nitrogen and oxygen atoms in total. The van der Waals surface area contributed by atoms with Gasteiger partial charge < -0.3 is 9.55 Å². The van der Waals surface area contributed by atoms with Gasteiger partial charge in [-0.25, -0.2) is 6.07 Å². The molecule has 1 radical (unpaired) electrons. The Hall–Kier alpha value is -0.466. The van der Waals surface area contributed by atoms with Crippen molar-refractivity contribution in [1.29, 1.82) is 0 Å². The average Bonchev–Trinajstić information content (AvgIpc) is 2.72. The van der Waals surface area contributed by atoms with Crippen LogP contribution in [0.25, 0.3) is 5.69 Å². The van der Waals surface area contributed by atoms with Crippen molar-refractivity contribution in [3.63, 3.8) is 0 Å². The molecule has 2 aromatic rings. The van der Waals surface area contributed by atoms with E-state index in [4.69, 9.17) is 0 Å². The number of hydrogen-bond donors (Lipinski definition) is 0. The summed E-state index contributed by atoms with van der Waals surface area (Å²) in [5.74, 6) is 0. The number of aromatic nitrogens is 2. The Labute approximate surface area is 122 Å². The van der Waals surface area contributed by atoms with Gasteiger partial charge in [-0.1, -0.05) is 38.1 Å². The molecule has 0 saturated carbocycles.